The zero-order valence-electron chi connectivity index (χ0n) is 28.9. The molecule has 1 N–H and O–H groups in total. The van der Waals surface area contributed by atoms with Crippen molar-refractivity contribution in [2.75, 3.05) is 6.54 Å². The molecule has 1 aliphatic heterocycles. The van der Waals surface area contributed by atoms with E-state index >= 15 is 0 Å². The molecule has 2 aromatic heterocycles. The fourth-order valence-electron chi connectivity index (χ4n) is 7.90. The van der Waals surface area contributed by atoms with E-state index in [-0.39, 0.29) is 5.41 Å². The molecule has 0 radical (unpaired) electrons. The second-order valence-electron chi connectivity index (χ2n) is 14.0. The molecule has 0 spiro atoms. The number of aliphatic imine (C=N–C) groups is 1. The highest BCUT2D eigenvalue weighted by Gasteiger charge is 2.36. The molecule has 3 heterocycles. The van der Waals surface area contributed by atoms with Gasteiger partial charge in [0.25, 0.3) is 0 Å². The Labute approximate surface area is 301 Å². The van der Waals surface area contributed by atoms with Gasteiger partial charge in [0.15, 0.2) is 17.5 Å². The Kier molecular flexibility index (Phi) is 6.80. The number of fused-ring (bicyclic) bond motifs is 6. The summed E-state index contributed by atoms with van der Waals surface area (Å²) in [5, 5.41) is 6.07. The number of para-hydroxylation sites is 1. The van der Waals surface area contributed by atoms with E-state index in [1.165, 1.54) is 33.0 Å². The summed E-state index contributed by atoms with van der Waals surface area (Å²) in [4.78, 5) is 20.1. The van der Waals surface area contributed by atoms with E-state index in [1.54, 1.807) is 0 Å². The highest BCUT2D eigenvalue weighted by molar-refractivity contribution is 6.16. The minimum absolute atomic E-state index is 0.107. The molecule has 2 aliphatic rings. The SMILES string of the molecule is CC1(C)c2ccccc2-c2cc3c4ccccc4n(C4=NC=C(c5nc(-c6ccccc6)nc(-c6cccc(-c7ccccc7)c6)n5)CN4)c3cc21. The summed E-state index contributed by atoms with van der Waals surface area (Å²) in [7, 11) is 0. The predicted octanol–water partition coefficient (Wildman–Crippen LogP) is 10.1. The lowest BCUT2D eigenvalue weighted by molar-refractivity contribution is 0.661. The lowest BCUT2D eigenvalue weighted by Gasteiger charge is -2.22. The summed E-state index contributed by atoms with van der Waals surface area (Å²) in [6.45, 7) is 5.16. The van der Waals surface area contributed by atoms with Crippen LogP contribution in [-0.2, 0) is 5.41 Å². The third-order valence-electron chi connectivity index (χ3n) is 10.5. The lowest BCUT2D eigenvalue weighted by atomic mass is 9.82. The standard InChI is InChI=1S/C46H34N6/c1-46(2)38-22-11-9-20-34(38)36-25-37-35-21-10-12-23-40(35)52(41(37)26-39(36)46)45-47-27-33(28-48-45)44-50-42(30-16-7-4-8-17-30)49-43(51-44)32-19-13-18-31(24-32)29-14-5-3-6-15-29/h3-27H,28H2,1-2H3,(H,47,48). The number of benzene rings is 6. The summed E-state index contributed by atoms with van der Waals surface area (Å²) in [6.07, 6.45) is 1.91. The molecule has 1 aliphatic carbocycles. The van der Waals surface area contributed by atoms with Crippen LogP contribution in [-0.4, -0.2) is 32.0 Å². The fourth-order valence-corrected chi connectivity index (χ4v) is 7.90. The van der Waals surface area contributed by atoms with Gasteiger partial charge < -0.3 is 5.32 Å². The monoisotopic (exact) mass is 670 g/mol. The van der Waals surface area contributed by atoms with Crippen LogP contribution in [0, 0.1) is 0 Å². The number of hydrogen-bond acceptors (Lipinski definition) is 5. The number of rotatable bonds is 4. The number of hydrogen-bond donors (Lipinski definition) is 1. The molecule has 10 rings (SSSR count). The smallest absolute Gasteiger partial charge is 0.208 e. The van der Waals surface area contributed by atoms with Crippen molar-refractivity contribution in [3.63, 3.8) is 0 Å². The first kappa shape index (κ1) is 30.2. The Morgan fingerprint density at radius 3 is 1.96 bits per heavy atom. The lowest BCUT2D eigenvalue weighted by Crippen LogP contribution is -2.34. The fraction of sp³-hybridized carbons (Fsp3) is 0.0870. The van der Waals surface area contributed by atoms with E-state index in [4.69, 9.17) is 19.9 Å². The average Bonchev–Trinajstić information content (AvgIpc) is 3.65. The Bertz CT molecular complexity index is 2760. The number of nitrogens with one attached hydrogen (secondary N) is 1. The van der Waals surface area contributed by atoms with Crippen molar-refractivity contribution < 1.29 is 0 Å². The highest BCUT2D eigenvalue weighted by atomic mass is 15.2. The summed E-state index contributed by atoms with van der Waals surface area (Å²) in [6, 6.07) is 51.0. The van der Waals surface area contributed by atoms with Crippen LogP contribution in [0.15, 0.2) is 157 Å². The Morgan fingerprint density at radius 1 is 0.519 bits per heavy atom. The Morgan fingerprint density at radius 2 is 1.17 bits per heavy atom. The summed E-state index contributed by atoms with van der Waals surface area (Å²) in [5.41, 5.74) is 12.5. The molecule has 0 fully saturated rings. The largest absolute Gasteiger partial charge is 0.351 e. The van der Waals surface area contributed by atoms with Crippen LogP contribution in [0.3, 0.4) is 0 Å². The van der Waals surface area contributed by atoms with Crippen molar-refractivity contribution in [1.82, 2.24) is 24.8 Å². The first-order valence-electron chi connectivity index (χ1n) is 17.7. The third-order valence-corrected chi connectivity index (χ3v) is 10.5. The maximum atomic E-state index is 5.06. The van der Waals surface area contributed by atoms with Crippen molar-refractivity contribution in [3.8, 4) is 45.0 Å². The molecule has 248 valence electrons. The average molecular weight is 671 g/mol. The first-order valence-corrected chi connectivity index (χ1v) is 17.7. The van der Waals surface area contributed by atoms with Crippen LogP contribution in [0.25, 0.3) is 72.4 Å². The molecule has 6 nitrogen and oxygen atoms in total. The molecular weight excluding hydrogens is 637 g/mol. The van der Waals surface area contributed by atoms with E-state index in [0.717, 1.165) is 44.8 Å². The van der Waals surface area contributed by atoms with Crippen molar-refractivity contribution in [3.05, 3.63) is 169 Å². The van der Waals surface area contributed by atoms with Crippen molar-refractivity contribution in [1.29, 1.82) is 0 Å². The van der Waals surface area contributed by atoms with E-state index in [2.05, 4.69) is 133 Å². The van der Waals surface area contributed by atoms with Crippen molar-refractivity contribution >= 4 is 33.3 Å². The van der Waals surface area contributed by atoms with Crippen LogP contribution >= 0.6 is 0 Å². The Balaban J connectivity index is 1.10. The first-order chi connectivity index (χ1) is 25.5. The van der Waals surface area contributed by atoms with Gasteiger partial charge in [0, 0.05) is 45.6 Å². The van der Waals surface area contributed by atoms with Gasteiger partial charge in [0.2, 0.25) is 5.96 Å². The Hall–Kier alpha value is -6.66. The molecule has 0 bridgehead atoms. The maximum Gasteiger partial charge on any atom is 0.208 e. The minimum Gasteiger partial charge on any atom is -0.351 e. The second kappa shape index (κ2) is 11.7. The number of nitrogens with zero attached hydrogens (tertiary/aromatic N) is 5. The summed E-state index contributed by atoms with van der Waals surface area (Å²) in [5.74, 6) is 2.62. The van der Waals surface area contributed by atoms with Gasteiger partial charge >= 0.3 is 0 Å². The molecule has 6 heteroatoms. The second-order valence-corrected chi connectivity index (χ2v) is 14.0. The maximum absolute atomic E-state index is 5.06. The minimum atomic E-state index is -0.107. The number of aromatic nitrogens is 4. The van der Waals surface area contributed by atoms with Gasteiger partial charge in [-0.25, -0.2) is 19.9 Å². The van der Waals surface area contributed by atoms with Gasteiger partial charge in [-0.1, -0.05) is 135 Å². The van der Waals surface area contributed by atoms with Crippen molar-refractivity contribution in [2.24, 2.45) is 4.99 Å². The molecule has 0 amide bonds. The van der Waals surface area contributed by atoms with Crippen LogP contribution in [0.1, 0.15) is 30.8 Å². The van der Waals surface area contributed by atoms with Gasteiger partial charge in [-0.2, -0.15) is 0 Å². The van der Waals surface area contributed by atoms with Crippen LogP contribution in [0.4, 0.5) is 0 Å². The third kappa shape index (κ3) is 4.79. The van der Waals surface area contributed by atoms with Gasteiger partial charge in [-0.05, 0) is 57.6 Å². The molecule has 8 aromatic rings. The van der Waals surface area contributed by atoms with Crippen molar-refractivity contribution in [2.45, 2.75) is 19.3 Å². The van der Waals surface area contributed by atoms with E-state index in [0.29, 0.717) is 24.0 Å². The highest BCUT2D eigenvalue weighted by Crippen LogP contribution is 2.50. The van der Waals surface area contributed by atoms with Gasteiger partial charge in [0.1, 0.15) is 0 Å². The predicted molar refractivity (Wildman–Crippen MR) is 212 cm³/mol. The van der Waals surface area contributed by atoms with Crippen LogP contribution in [0.5, 0.6) is 0 Å². The molecule has 0 saturated heterocycles. The normalized spacial score (nSPS) is 14.4. The summed E-state index contributed by atoms with van der Waals surface area (Å²) >= 11 is 0. The van der Waals surface area contributed by atoms with Gasteiger partial charge in [-0.3, -0.25) is 4.57 Å². The van der Waals surface area contributed by atoms with Gasteiger partial charge in [0.05, 0.1) is 11.0 Å². The van der Waals surface area contributed by atoms with E-state index < -0.39 is 0 Å². The molecule has 0 saturated carbocycles. The zero-order valence-corrected chi connectivity index (χ0v) is 28.9. The quantitative estimate of drug-likeness (QED) is 0.202. The molecular formula is C46H34N6. The van der Waals surface area contributed by atoms with E-state index in [1.807, 2.05) is 42.6 Å². The topological polar surface area (TPSA) is 68.0 Å². The molecule has 0 atom stereocenters. The summed E-state index contributed by atoms with van der Waals surface area (Å²) < 4.78 is 2.26. The molecule has 52 heavy (non-hydrogen) atoms. The van der Waals surface area contributed by atoms with E-state index in [9.17, 15) is 0 Å². The molecule has 6 aromatic carbocycles. The zero-order chi connectivity index (χ0) is 34.8. The van der Waals surface area contributed by atoms with Gasteiger partial charge in [-0.15, -0.1) is 0 Å². The van der Waals surface area contributed by atoms with Crippen LogP contribution < -0.4 is 5.32 Å². The van der Waals surface area contributed by atoms with Crippen LogP contribution in [0.2, 0.25) is 0 Å². The molecule has 0 unspecified atom stereocenters.